The van der Waals surface area contributed by atoms with Crippen LogP contribution in [-0.2, 0) is 4.79 Å². The molecule has 0 radical (unpaired) electrons. The van der Waals surface area contributed by atoms with Crippen molar-refractivity contribution in [2.45, 2.75) is 25.8 Å². The van der Waals surface area contributed by atoms with Crippen molar-refractivity contribution < 1.29 is 9.59 Å². The first-order valence-electron chi connectivity index (χ1n) is 5.84. The molecule has 1 saturated carbocycles. The molecule has 1 aromatic rings. The minimum Gasteiger partial charge on any atom is -0.346 e. The predicted molar refractivity (Wildman–Crippen MR) is 69.5 cm³/mol. The molecule has 98 valence electrons. The highest BCUT2D eigenvalue weighted by molar-refractivity contribution is 7.14. The molecule has 1 aliphatic carbocycles. The Balaban J connectivity index is 1.95. The van der Waals surface area contributed by atoms with Crippen molar-refractivity contribution in [3.05, 3.63) is 11.1 Å². The number of thiazole rings is 1. The van der Waals surface area contributed by atoms with Gasteiger partial charge in [-0.2, -0.15) is 0 Å². The maximum Gasteiger partial charge on any atom is 0.271 e. The van der Waals surface area contributed by atoms with E-state index in [1.54, 1.807) is 5.38 Å². The summed E-state index contributed by atoms with van der Waals surface area (Å²) in [5, 5.41) is 7.49. The van der Waals surface area contributed by atoms with Crippen molar-refractivity contribution in [3.63, 3.8) is 0 Å². The van der Waals surface area contributed by atoms with E-state index in [1.165, 1.54) is 18.3 Å². The van der Waals surface area contributed by atoms with Gasteiger partial charge in [0.2, 0.25) is 5.91 Å². The lowest BCUT2D eigenvalue weighted by atomic mass is 10.2. The molecule has 0 aliphatic heterocycles. The average molecular weight is 268 g/mol. The Morgan fingerprint density at radius 2 is 2.33 bits per heavy atom. The Kier molecular flexibility index (Phi) is 3.93. The van der Waals surface area contributed by atoms with E-state index in [9.17, 15) is 9.59 Å². The minimum absolute atomic E-state index is 0.0309. The molecule has 1 aliphatic rings. The van der Waals surface area contributed by atoms with Gasteiger partial charge in [-0.05, 0) is 18.8 Å². The number of nitrogens with zero attached hydrogens (tertiary/aromatic N) is 1. The number of nitrogens with two attached hydrogens (primary N) is 1. The maximum atomic E-state index is 11.9. The van der Waals surface area contributed by atoms with E-state index in [-0.39, 0.29) is 17.9 Å². The summed E-state index contributed by atoms with van der Waals surface area (Å²) in [5.41, 5.74) is 5.94. The standard InChI is InChI=1S/C11H16N4O2S/c1-6(16)13-11-15-9(5-18-11)10(17)14-8(4-12)7-2-3-7/h5,7-8H,2-4,12H2,1H3,(H,14,17)(H,13,15,16). The van der Waals surface area contributed by atoms with E-state index in [2.05, 4.69) is 15.6 Å². The summed E-state index contributed by atoms with van der Waals surface area (Å²) in [6, 6.07) is 0.0309. The van der Waals surface area contributed by atoms with Crippen molar-refractivity contribution in [2.24, 2.45) is 11.7 Å². The Labute approximate surface area is 109 Å². The number of hydrogen-bond acceptors (Lipinski definition) is 5. The number of carbonyl (C=O) groups is 2. The van der Waals surface area contributed by atoms with Gasteiger partial charge in [-0.3, -0.25) is 9.59 Å². The second kappa shape index (κ2) is 5.45. The van der Waals surface area contributed by atoms with Crippen LogP contribution in [0.2, 0.25) is 0 Å². The first kappa shape index (κ1) is 13.0. The van der Waals surface area contributed by atoms with E-state index < -0.39 is 0 Å². The van der Waals surface area contributed by atoms with Gasteiger partial charge in [0.15, 0.2) is 5.13 Å². The number of rotatable bonds is 5. The predicted octanol–water partition coefficient (Wildman–Crippen LogP) is 0.569. The van der Waals surface area contributed by atoms with Crippen LogP contribution in [0, 0.1) is 5.92 Å². The van der Waals surface area contributed by atoms with Crippen LogP contribution in [0.15, 0.2) is 5.38 Å². The first-order valence-corrected chi connectivity index (χ1v) is 6.72. The topological polar surface area (TPSA) is 97.1 Å². The molecule has 18 heavy (non-hydrogen) atoms. The maximum absolute atomic E-state index is 11.9. The van der Waals surface area contributed by atoms with Gasteiger partial charge in [0.1, 0.15) is 5.69 Å². The number of nitrogens with one attached hydrogen (secondary N) is 2. The third-order valence-corrected chi connectivity index (χ3v) is 3.54. The van der Waals surface area contributed by atoms with Crippen LogP contribution in [0.25, 0.3) is 0 Å². The van der Waals surface area contributed by atoms with Crippen molar-refractivity contribution in [1.82, 2.24) is 10.3 Å². The zero-order valence-corrected chi connectivity index (χ0v) is 10.9. The summed E-state index contributed by atoms with van der Waals surface area (Å²) >= 11 is 1.23. The molecule has 1 heterocycles. The molecule has 4 N–H and O–H groups in total. The number of anilines is 1. The molecule has 7 heteroatoms. The summed E-state index contributed by atoms with van der Waals surface area (Å²) in [4.78, 5) is 26.8. The van der Waals surface area contributed by atoms with Crippen LogP contribution in [0.4, 0.5) is 5.13 Å². The Morgan fingerprint density at radius 3 is 2.89 bits per heavy atom. The van der Waals surface area contributed by atoms with Gasteiger partial charge in [-0.1, -0.05) is 0 Å². The van der Waals surface area contributed by atoms with Crippen molar-refractivity contribution >= 4 is 28.3 Å². The van der Waals surface area contributed by atoms with Gasteiger partial charge in [0.05, 0.1) is 0 Å². The van der Waals surface area contributed by atoms with Crippen LogP contribution in [0.5, 0.6) is 0 Å². The molecule has 2 amide bonds. The van der Waals surface area contributed by atoms with Crippen LogP contribution >= 0.6 is 11.3 Å². The van der Waals surface area contributed by atoms with Gasteiger partial charge < -0.3 is 16.4 Å². The lowest BCUT2D eigenvalue weighted by Crippen LogP contribution is -2.41. The summed E-state index contributed by atoms with van der Waals surface area (Å²) in [5.74, 6) is 0.0757. The fraction of sp³-hybridized carbons (Fsp3) is 0.545. The van der Waals surface area contributed by atoms with E-state index in [1.807, 2.05) is 0 Å². The van der Waals surface area contributed by atoms with Crippen LogP contribution in [0.1, 0.15) is 30.3 Å². The smallest absolute Gasteiger partial charge is 0.271 e. The number of carbonyl (C=O) groups excluding carboxylic acids is 2. The molecule has 0 aromatic carbocycles. The Hall–Kier alpha value is -1.47. The van der Waals surface area contributed by atoms with E-state index in [0.717, 1.165) is 12.8 Å². The normalized spacial score (nSPS) is 16.1. The monoisotopic (exact) mass is 268 g/mol. The molecule has 2 rings (SSSR count). The fourth-order valence-corrected chi connectivity index (χ4v) is 2.43. The summed E-state index contributed by atoms with van der Waals surface area (Å²) < 4.78 is 0. The Bertz CT molecular complexity index is 456. The molecule has 1 atom stereocenters. The fourth-order valence-electron chi connectivity index (χ4n) is 1.70. The summed E-state index contributed by atoms with van der Waals surface area (Å²) in [6.07, 6.45) is 2.24. The molecule has 0 saturated heterocycles. The van der Waals surface area contributed by atoms with E-state index >= 15 is 0 Å². The molecule has 0 bridgehead atoms. The lowest BCUT2D eigenvalue weighted by molar-refractivity contribution is -0.114. The second-order valence-electron chi connectivity index (χ2n) is 4.37. The van der Waals surface area contributed by atoms with E-state index in [4.69, 9.17) is 5.73 Å². The first-order chi connectivity index (χ1) is 8.60. The van der Waals surface area contributed by atoms with Crippen molar-refractivity contribution in [1.29, 1.82) is 0 Å². The van der Waals surface area contributed by atoms with Crippen LogP contribution in [-0.4, -0.2) is 29.4 Å². The SMILES string of the molecule is CC(=O)Nc1nc(C(=O)NC(CN)C2CC2)cs1. The third-order valence-electron chi connectivity index (χ3n) is 2.78. The van der Waals surface area contributed by atoms with Crippen LogP contribution in [0.3, 0.4) is 0 Å². The van der Waals surface area contributed by atoms with Crippen molar-refractivity contribution in [2.75, 3.05) is 11.9 Å². The van der Waals surface area contributed by atoms with Gasteiger partial charge in [-0.25, -0.2) is 4.98 Å². The number of aromatic nitrogens is 1. The largest absolute Gasteiger partial charge is 0.346 e. The highest BCUT2D eigenvalue weighted by Gasteiger charge is 2.31. The third kappa shape index (κ3) is 3.27. The highest BCUT2D eigenvalue weighted by Crippen LogP contribution is 2.32. The molecular weight excluding hydrogens is 252 g/mol. The molecule has 0 spiro atoms. The second-order valence-corrected chi connectivity index (χ2v) is 5.23. The molecule has 1 aromatic heterocycles. The van der Waals surface area contributed by atoms with Gasteiger partial charge in [-0.15, -0.1) is 11.3 Å². The van der Waals surface area contributed by atoms with Gasteiger partial charge in [0, 0.05) is 24.9 Å². The summed E-state index contributed by atoms with van der Waals surface area (Å²) in [7, 11) is 0. The average Bonchev–Trinajstić information content (AvgIpc) is 3.05. The molecular formula is C11H16N4O2S. The Morgan fingerprint density at radius 1 is 1.61 bits per heavy atom. The van der Waals surface area contributed by atoms with Gasteiger partial charge >= 0.3 is 0 Å². The zero-order chi connectivity index (χ0) is 13.1. The number of hydrogen-bond donors (Lipinski definition) is 3. The molecule has 1 fully saturated rings. The molecule has 1 unspecified atom stereocenters. The quantitative estimate of drug-likeness (QED) is 0.727. The van der Waals surface area contributed by atoms with Crippen molar-refractivity contribution in [3.8, 4) is 0 Å². The molecule has 6 nitrogen and oxygen atoms in total. The minimum atomic E-state index is -0.231. The lowest BCUT2D eigenvalue weighted by Gasteiger charge is -2.14. The van der Waals surface area contributed by atoms with E-state index in [0.29, 0.717) is 23.3 Å². The van der Waals surface area contributed by atoms with Gasteiger partial charge in [0.25, 0.3) is 5.91 Å². The van der Waals surface area contributed by atoms with Crippen LogP contribution < -0.4 is 16.4 Å². The number of amides is 2. The summed E-state index contributed by atoms with van der Waals surface area (Å²) in [6.45, 7) is 1.85. The highest BCUT2D eigenvalue weighted by atomic mass is 32.1. The zero-order valence-electron chi connectivity index (χ0n) is 10.1.